The van der Waals surface area contributed by atoms with Crippen molar-refractivity contribution >= 4 is 29.3 Å². The van der Waals surface area contributed by atoms with Gasteiger partial charge in [0.2, 0.25) is 0 Å². The molecule has 130 valence electrons. The first-order chi connectivity index (χ1) is 12.0. The van der Waals surface area contributed by atoms with Crippen LogP contribution in [0.5, 0.6) is 0 Å². The van der Waals surface area contributed by atoms with Crippen molar-refractivity contribution in [3.8, 4) is 0 Å². The van der Waals surface area contributed by atoms with Crippen LogP contribution in [0.2, 0.25) is 0 Å². The van der Waals surface area contributed by atoms with Crippen LogP contribution in [0.1, 0.15) is 47.9 Å². The number of fused-ring (bicyclic) bond motifs is 2. The number of carbonyl (C=O) groups is 2. The van der Waals surface area contributed by atoms with Gasteiger partial charge >= 0.3 is 0 Å². The van der Waals surface area contributed by atoms with Crippen molar-refractivity contribution in [1.82, 2.24) is 10.3 Å². The second-order valence-electron chi connectivity index (χ2n) is 5.97. The van der Waals surface area contributed by atoms with Gasteiger partial charge in [0.15, 0.2) is 0 Å². The van der Waals surface area contributed by atoms with Gasteiger partial charge in [-0.05, 0) is 50.6 Å². The van der Waals surface area contributed by atoms with E-state index in [9.17, 15) is 9.59 Å². The number of hydrogen-bond donors (Lipinski definition) is 1. The molecule has 1 aliphatic rings. The lowest BCUT2D eigenvalue weighted by Crippen LogP contribution is -2.32. The van der Waals surface area contributed by atoms with E-state index in [1.807, 2.05) is 32.9 Å². The Morgan fingerprint density at radius 1 is 1.32 bits per heavy atom. The first-order valence-corrected chi connectivity index (χ1v) is 9.26. The molecular weight excluding hydrogens is 334 g/mol. The number of anilines is 1. The molecule has 0 unspecified atom stereocenters. The van der Waals surface area contributed by atoms with E-state index in [1.165, 1.54) is 11.8 Å². The Bertz CT molecular complexity index is 822. The van der Waals surface area contributed by atoms with Crippen LogP contribution in [0.3, 0.4) is 0 Å². The Balaban J connectivity index is 2.03. The van der Waals surface area contributed by atoms with Gasteiger partial charge in [-0.2, -0.15) is 0 Å². The normalized spacial score (nSPS) is 14.4. The van der Waals surface area contributed by atoms with Crippen molar-refractivity contribution in [2.45, 2.75) is 43.2 Å². The fraction of sp³-hybridized carbons (Fsp3) is 0.316. The fourth-order valence-electron chi connectivity index (χ4n) is 2.68. The Morgan fingerprint density at radius 2 is 2.12 bits per heavy atom. The molecule has 1 atom stereocenters. The minimum absolute atomic E-state index is 0.0614. The van der Waals surface area contributed by atoms with Crippen molar-refractivity contribution in [2.75, 3.05) is 11.4 Å². The molecule has 0 bridgehead atoms. The summed E-state index contributed by atoms with van der Waals surface area (Å²) < 4.78 is 0. The van der Waals surface area contributed by atoms with Crippen LogP contribution in [0.25, 0.3) is 0 Å². The van der Waals surface area contributed by atoms with Crippen LogP contribution >= 0.6 is 11.8 Å². The van der Waals surface area contributed by atoms with E-state index in [2.05, 4.69) is 10.3 Å². The molecule has 1 N–H and O–H groups in total. The molecule has 0 saturated heterocycles. The van der Waals surface area contributed by atoms with E-state index in [0.29, 0.717) is 22.7 Å². The minimum atomic E-state index is -0.0994. The number of nitrogens with one attached hydrogen (secondary N) is 1. The van der Waals surface area contributed by atoms with Gasteiger partial charge in [-0.15, -0.1) is 0 Å². The van der Waals surface area contributed by atoms with E-state index in [0.717, 1.165) is 17.0 Å². The second kappa shape index (κ2) is 7.27. The Kier molecular flexibility index (Phi) is 5.08. The lowest BCUT2D eigenvalue weighted by atomic mass is 10.1. The van der Waals surface area contributed by atoms with Crippen LogP contribution in [0.4, 0.5) is 5.69 Å². The molecule has 1 aliphatic heterocycles. The Labute approximate surface area is 151 Å². The lowest BCUT2D eigenvalue weighted by molar-refractivity contribution is 0.0938. The van der Waals surface area contributed by atoms with Gasteiger partial charge in [0.25, 0.3) is 11.8 Å². The fourth-order valence-corrected chi connectivity index (χ4v) is 3.73. The third-order valence-electron chi connectivity index (χ3n) is 4.27. The number of amides is 2. The average Bonchev–Trinajstić information content (AvgIpc) is 2.74. The van der Waals surface area contributed by atoms with Gasteiger partial charge < -0.3 is 10.2 Å². The van der Waals surface area contributed by atoms with Crippen LogP contribution in [-0.2, 0) is 0 Å². The number of nitrogens with zero attached hydrogens (tertiary/aromatic N) is 2. The highest BCUT2D eigenvalue weighted by molar-refractivity contribution is 7.99. The predicted molar refractivity (Wildman–Crippen MR) is 99.4 cm³/mol. The van der Waals surface area contributed by atoms with E-state index in [4.69, 9.17) is 0 Å². The third kappa shape index (κ3) is 3.39. The van der Waals surface area contributed by atoms with Crippen LogP contribution < -0.4 is 10.2 Å². The van der Waals surface area contributed by atoms with E-state index >= 15 is 0 Å². The number of carbonyl (C=O) groups excluding carboxylic acids is 2. The molecule has 0 aliphatic carbocycles. The maximum absolute atomic E-state index is 12.8. The number of pyridine rings is 1. The molecule has 0 fully saturated rings. The minimum Gasteiger partial charge on any atom is -0.350 e. The molecule has 2 heterocycles. The summed E-state index contributed by atoms with van der Waals surface area (Å²) in [6.45, 7) is 6.51. The number of hydrogen-bond acceptors (Lipinski definition) is 4. The van der Waals surface area contributed by atoms with Crippen LogP contribution in [0.15, 0.2) is 46.5 Å². The highest BCUT2D eigenvalue weighted by Gasteiger charge is 2.27. The molecule has 25 heavy (non-hydrogen) atoms. The zero-order valence-corrected chi connectivity index (χ0v) is 15.4. The SMILES string of the molecule is CC[C@@H](C)NC(=O)c1ccc2c(c1)Sc1ncccc1C(=O)N2CC. The summed E-state index contributed by atoms with van der Waals surface area (Å²) in [5, 5.41) is 3.65. The quantitative estimate of drug-likeness (QED) is 0.907. The van der Waals surface area contributed by atoms with Crippen molar-refractivity contribution in [1.29, 1.82) is 0 Å². The molecule has 5 nitrogen and oxygen atoms in total. The van der Waals surface area contributed by atoms with Gasteiger partial charge in [-0.1, -0.05) is 18.7 Å². The largest absolute Gasteiger partial charge is 0.350 e. The summed E-state index contributed by atoms with van der Waals surface area (Å²) in [5.74, 6) is -0.161. The number of aromatic nitrogens is 1. The van der Waals surface area contributed by atoms with Gasteiger partial charge in [-0.25, -0.2) is 4.98 Å². The van der Waals surface area contributed by atoms with E-state index in [-0.39, 0.29) is 17.9 Å². The topological polar surface area (TPSA) is 62.3 Å². The molecule has 1 aromatic carbocycles. The smallest absolute Gasteiger partial charge is 0.261 e. The maximum Gasteiger partial charge on any atom is 0.261 e. The first kappa shape index (κ1) is 17.5. The third-order valence-corrected chi connectivity index (χ3v) is 5.34. The standard InChI is InChI=1S/C19H21N3O2S/c1-4-12(3)21-17(23)13-8-9-15-16(11-13)25-18-14(7-6-10-20-18)19(24)22(15)5-2/h6-12H,4-5H2,1-3H3,(H,21,23)/t12-/m1/s1. The monoisotopic (exact) mass is 355 g/mol. The summed E-state index contributed by atoms with van der Waals surface area (Å²) in [5.41, 5.74) is 2.00. The summed E-state index contributed by atoms with van der Waals surface area (Å²) in [6.07, 6.45) is 2.56. The first-order valence-electron chi connectivity index (χ1n) is 8.44. The van der Waals surface area contributed by atoms with Crippen molar-refractivity contribution in [3.05, 3.63) is 47.7 Å². The van der Waals surface area contributed by atoms with Gasteiger partial charge in [-0.3, -0.25) is 9.59 Å². The maximum atomic E-state index is 12.8. The summed E-state index contributed by atoms with van der Waals surface area (Å²) >= 11 is 1.43. The Hall–Kier alpha value is -2.34. The molecular formula is C19H21N3O2S. The van der Waals surface area contributed by atoms with Crippen molar-refractivity contribution in [3.63, 3.8) is 0 Å². The zero-order chi connectivity index (χ0) is 18.0. The Morgan fingerprint density at radius 3 is 2.84 bits per heavy atom. The van der Waals surface area contributed by atoms with Gasteiger partial charge in [0, 0.05) is 29.2 Å². The summed E-state index contributed by atoms with van der Waals surface area (Å²) in [4.78, 5) is 32.2. The van der Waals surface area contributed by atoms with E-state index in [1.54, 1.807) is 29.3 Å². The van der Waals surface area contributed by atoms with Crippen LogP contribution in [0, 0.1) is 0 Å². The average molecular weight is 355 g/mol. The molecule has 2 amide bonds. The molecule has 3 rings (SSSR count). The zero-order valence-electron chi connectivity index (χ0n) is 14.6. The number of benzene rings is 1. The van der Waals surface area contributed by atoms with Gasteiger partial charge in [0.05, 0.1) is 11.3 Å². The van der Waals surface area contributed by atoms with Crippen molar-refractivity contribution in [2.24, 2.45) is 0 Å². The highest BCUT2D eigenvalue weighted by Crippen LogP contribution is 2.40. The summed E-state index contributed by atoms with van der Waals surface area (Å²) in [7, 11) is 0. The predicted octanol–water partition coefficient (Wildman–Crippen LogP) is 3.74. The van der Waals surface area contributed by atoms with Crippen molar-refractivity contribution < 1.29 is 9.59 Å². The van der Waals surface area contributed by atoms with E-state index < -0.39 is 0 Å². The molecule has 0 saturated carbocycles. The lowest BCUT2D eigenvalue weighted by Gasteiger charge is -2.21. The molecule has 2 aromatic rings. The highest BCUT2D eigenvalue weighted by atomic mass is 32.2. The molecule has 6 heteroatoms. The van der Waals surface area contributed by atoms with Gasteiger partial charge in [0.1, 0.15) is 5.03 Å². The molecule has 0 spiro atoms. The number of rotatable bonds is 4. The summed E-state index contributed by atoms with van der Waals surface area (Å²) in [6, 6.07) is 9.15. The molecule has 0 radical (unpaired) electrons. The van der Waals surface area contributed by atoms with Crippen LogP contribution in [-0.4, -0.2) is 29.4 Å². The molecule has 1 aromatic heterocycles. The second-order valence-corrected chi connectivity index (χ2v) is 7.00.